The topological polar surface area (TPSA) is 75.3 Å². The van der Waals surface area contributed by atoms with Crippen molar-refractivity contribution in [1.82, 2.24) is 4.72 Å². The van der Waals surface area contributed by atoms with Crippen molar-refractivity contribution in [3.63, 3.8) is 0 Å². The summed E-state index contributed by atoms with van der Waals surface area (Å²) < 4.78 is 27.9. The van der Waals surface area contributed by atoms with Crippen molar-refractivity contribution in [2.75, 3.05) is 5.32 Å². The van der Waals surface area contributed by atoms with E-state index in [2.05, 4.69) is 16.1 Å². The number of hydrogen-bond donors (Lipinski definition) is 2. The number of benzene rings is 2. The Hall–Kier alpha value is -2.18. The van der Waals surface area contributed by atoms with Gasteiger partial charge in [0.05, 0.1) is 4.90 Å². The highest BCUT2D eigenvalue weighted by Crippen LogP contribution is 2.24. The van der Waals surface area contributed by atoms with Crippen molar-refractivity contribution >= 4 is 21.6 Å². The fraction of sp³-hybridized carbons (Fsp3) is 0.316. The van der Waals surface area contributed by atoms with E-state index in [-0.39, 0.29) is 16.8 Å². The summed E-state index contributed by atoms with van der Waals surface area (Å²) in [5, 5.41) is 2.61. The fourth-order valence-electron chi connectivity index (χ4n) is 2.73. The van der Waals surface area contributed by atoms with Crippen molar-refractivity contribution in [1.29, 1.82) is 0 Å². The second kappa shape index (κ2) is 7.37. The number of hydrogen-bond acceptors (Lipinski definition) is 3. The first kappa shape index (κ1) is 19.1. The highest BCUT2D eigenvalue weighted by molar-refractivity contribution is 7.89. The van der Waals surface area contributed by atoms with Gasteiger partial charge in [-0.1, -0.05) is 12.1 Å². The number of aryl methyl sites for hydroxylation is 3. The van der Waals surface area contributed by atoms with Gasteiger partial charge in [0, 0.05) is 18.7 Å². The minimum Gasteiger partial charge on any atom is -0.326 e. The molecule has 2 aromatic carbocycles. The zero-order valence-corrected chi connectivity index (χ0v) is 16.0. The van der Waals surface area contributed by atoms with Crippen LogP contribution in [0.4, 0.5) is 5.69 Å². The molecule has 1 amide bonds. The molecule has 1 atom stereocenters. The van der Waals surface area contributed by atoms with Gasteiger partial charge < -0.3 is 5.32 Å². The summed E-state index contributed by atoms with van der Waals surface area (Å²) >= 11 is 0. The molecule has 0 heterocycles. The van der Waals surface area contributed by atoms with Crippen LogP contribution in [0, 0.1) is 20.8 Å². The van der Waals surface area contributed by atoms with Gasteiger partial charge in [0.2, 0.25) is 15.9 Å². The zero-order valence-electron chi connectivity index (χ0n) is 15.2. The van der Waals surface area contributed by atoms with E-state index in [1.807, 2.05) is 33.8 Å². The SMILES string of the molecule is CC(=O)Nc1ccc(S(=O)(=O)N[C@@H](C)c2cc(C)c(C)cc2C)cc1. The van der Waals surface area contributed by atoms with Gasteiger partial charge in [-0.15, -0.1) is 0 Å². The second-order valence-electron chi connectivity index (χ2n) is 6.34. The molecular weight excluding hydrogens is 336 g/mol. The average molecular weight is 360 g/mol. The molecule has 0 aliphatic rings. The summed E-state index contributed by atoms with van der Waals surface area (Å²) in [6, 6.07) is 9.85. The molecule has 0 aliphatic heterocycles. The number of carbonyl (C=O) groups is 1. The Bertz CT molecular complexity index is 888. The Morgan fingerprint density at radius 2 is 1.52 bits per heavy atom. The highest BCUT2D eigenvalue weighted by Gasteiger charge is 2.20. The lowest BCUT2D eigenvalue weighted by atomic mass is 9.97. The third kappa shape index (κ3) is 4.67. The van der Waals surface area contributed by atoms with Crippen molar-refractivity contribution in [3.05, 3.63) is 58.7 Å². The third-order valence-electron chi connectivity index (χ3n) is 4.17. The predicted octanol–water partition coefficient (Wildman–Crippen LogP) is 3.61. The first-order chi connectivity index (χ1) is 11.6. The maximum atomic E-state index is 12.6. The molecule has 2 aromatic rings. The molecule has 2 N–H and O–H groups in total. The van der Waals surface area contributed by atoms with Gasteiger partial charge in [-0.05, 0) is 74.2 Å². The molecule has 0 saturated heterocycles. The van der Waals surface area contributed by atoms with E-state index in [1.54, 1.807) is 12.1 Å². The largest absolute Gasteiger partial charge is 0.326 e. The molecule has 134 valence electrons. The van der Waals surface area contributed by atoms with Crippen molar-refractivity contribution in [3.8, 4) is 0 Å². The number of anilines is 1. The molecule has 0 unspecified atom stereocenters. The Kier molecular flexibility index (Phi) is 5.65. The van der Waals surface area contributed by atoms with Gasteiger partial charge in [-0.3, -0.25) is 4.79 Å². The van der Waals surface area contributed by atoms with Crippen LogP contribution < -0.4 is 10.0 Å². The van der Waals surface area contributed by atoms with Gasteiger partial charge in [0.25, 0.3) is 0 Å². The molecule has 2 rings (SSSR count). The van der Waals surface area contributed by atoms with E-state index in [9.17, 15) is 13.2 Å². The molecule has 0 saturated carbocycles. The molecule has 0 aromatic heterocycles. The third-order valence-corrected chi connectivity index (χ3v) is 5.72. The number of rotatable bonds is 5. The van der Waals surface area contributed by atoms with E-state index < -0.39 is 10.0 Å². The smallest absolute Gasteiger partial charge is 0.241 e. The van der Waals surface area contributed by atoms with E-state index in [1.165, 1.54) is 24.6 Å². The number of carbonyl (C=O) groups excluding carboxylic acids is 1. The van der Waals surface area contributed by atoms with Crippen LogP contribution in [0.2, 0.25) is 0 Å². The zero-order chi connectivity index (χ0) is 18.8. The lowest BCUT2D eigenvalue weighted by molar-refractivity contribution is -0.114. The molecule has 0 aliphatic carbocycles. The maximum absolute atomic E-state index is 12.6. The number of amides is 1. The van der Waals surface area contributed by atoms with Crippen LogP contribution in [0.15, 0.2) is 41.3 Å². The van der Waals surface area contributed by atoms with Gasteiger partial charge in [0.1, 0.15) is 0 Å². The summed E-state index contributed by atoms with van der Waals surface area (Å²) in [7, 11) is -3.66. The van der Waals surface area contributed by atoms with Gasteiger partial charge in [-0.25, -0.2) is 13.1 Å². The normalized spacial score (nSPS) is 12.7. The minimum absolute atomic E-state index is 0.162. The van der Waals surface area contributed by atoms with E-state index in [0.29, 0.717) is 5.69 Å². The van der Waals surface area contributed by atoms with Crippen LogP contribution in [0.5, 0.6) is 0 Å². The minimum atomic E-state index is -3.66. The van der Waals surface area contributed by atoms with Crippen molar-refractivity contribution in [2.24, 2.45) is 0 Å². The second-order valence-corrected chi connectivity index (χ2v) is 8.06. The Balaban J connectivity index is 2.23. The number of nitrogens with one attached hydrogen (secondary N) is 2. The van der Waals surface area contributed by atoms with Crippen molar-refractivity contribution < 1.29 is 13.2 Å². The van der Waals surface area contributed by atoms with E-state index >= 15 is 0 Å². The molecule has 0 spiro atoms. The summed E-state index contributed by atoms with van der Waals surface area (Å²) in [5.74, 6) is -0.201. The van der Waals surface area contributed by atoms with Crippen LogP contribution in [0.1, 0.15) is 42.1 Å². The molecule has 25 heavy (non-hydrogen) atoms. The standard InChI is InChI=1S/C19H24N2O3S/c1-12-10-14(3)19(11-13(12)2)15(4)21-25(23,24)18-8-6-17(7-9-18)20-16(5)22/h6-11,15,21H,1-5H3,(H,20,22)/t15-/m0/s1. The summed E-state index contributed by atoms with van der Waals surface area (Å²) in [6.45, 7) is 9.27. The molecule has 0 bridgehead atoms. The first-order valence-corrected chi connectivity index (χ1v) is 9.56. The summed E-state index contributed by atoms with van der Waals surface area (Å²) in [5.41, 5.74) is 4.89. The maximum Gasteiger partial charge on any atom is 0.241 e. The van der Waals surface area contributed by atoms with Crippen LogP contribution in [0.3, 0.4) is 0 Å². The number of sulfonamides is 1. The average Bonchev–Trinajstić information content (AvgIpc) is 2.50. The van der Waals surface area contributed by atoms with Crippen LogP contribution in [-0.2, 0) is 14.8 Å². The van der Waals surface area contributed by atoms with E-state index in [4.69, 9.17) is 0 Å². The fourth-order valence-corrected chi connectivity index (χ4v) is 3.96. The van der Waals surface area contributed by atoms with Gasteiger partial charge >= 0.3 is 0 Å². The quantitative estimate of drug-likeness (QED) is 0.855. The van der Waals surface area contributed by atoms with Crippen molar-refractivity contribution in [2.45, 2.75) is 45.6 Å². The molecular formula is C19H24N2O3S. The van der Waals surface area contributed by atoms with E-state index in [0.717, 1.165) is 16.7 Å². The predicted molar refractivity (Wildman–Crippen MR) is 100 cm³/mol. The highest BCUT2D eigenvalue weighted by atomic mass is 32.2. The molecule has 6 heteroatoms. The Morgan fingerprint density at radius 1 is 0.960 bits per heavy atom. The summed E-state index contributed by atoms with van der Waals surface area (Å²) in [4.78, 5) is 11.2. The Labute approximate surface area is 149 Å². The van der Waals surface area contributed by atoms with Crippen LogP contribution >= 0.6 is 0 Å². The summed E-state index contributed by atoms with van der Waals surface area (Å²) in [6.07, 6.45) is 0. The van der Waals surface area contributed by atoms with Gasteiger partial charge in [-0.2, -0.15) is 0 Å². The lowest BCUT2D eigenvalue weighted by Gasteiger charge is -2.18. The molecule has 0 fully saturated rings. The molecule has 0 radical (unpaired) electrons. The lowest BCUT2D eigenvalue weighted by Crippen LogP contribution is -2.27. The van der Waals surface area contributed by atoms with Crippen LogP contribution in [0.25, 0.3) is 0 Å². The Morgan fingerprint density at radius 3 is 2.08 bits per heavy atom. The monoisotopic (exact) mass is 360 g/mol. The first-order valence-electron chi connectivity index (χ1n) is 8.08. The van der Waals surface area contributed by atoms with Crippen LogP contribution in [-0.4, -0.2) is 14.3 Å². The van der Waals surface area contributed by atoms with Gasteiger partial charge in [0.15, 0.2) is 0 Å². The molecule has 5 nitrogen and oxygen atoms in total.